The van der Waals surface area contributed by atoms with E-state index in [4.69, 9.17) is 0 Å². The molecule has 0 saturated carbocycles. The second-order valence-electron chi connectivity index (χ2n) is 4.21. The van der Waals surface area contributed by atoms with Crippen LogP contribution < -0.4 is 4.72 Å². The van der Waals surface area contributed by atoms with Crippen LogP contribution in [-0.2, 0) is 19.9 Å². The van der Waals surface area contributed by atoms with Crippen molar-refractivity contribution >= 4 is 41.6 Å². The molecule has 0 atom stereocenters. The zero-order chi connectivity index (χ0) is 15.7. The molecule has 2 rings (SSSR count). The van der Waals surface area contributed by atoms with Gasteiger partial charge < -0.3 is 0 Å². The molecule has 0 bridgehead atoms. The smallest absolute Gasteiger partial charge is 0.263 e. The Morgan fingerprint density at radius 1 is 1.00 bits per heavy atom. The Balaban J connectivity index is 2.32. The van der Waals surface area contributed by atoms with E-state index in [2.05, 4.69) is 25.6 Å². The van der Waals surface area contributed by atoms with Gasteiger partial charge in [-0.05, 0) is 36.4 Å². The highest BCUT2D eigenvalue weighted by Crippen LogP contribution is 2.19. The number of halogens is 1. The number of hydrogen-bond donors (Lipinski definition) is 1. The van der Waals surface area contributed by atoms with Gasteiger partial charge in [0.25, 0.3) is 10.0 Å². The number of nitrogens with one attached hydrogen (secondary N) is 1. The van der Waals surface area contributed by atoms with Crippen LogP contribution >= 0.6 is 15.9 Å². The van der Waals surface area contributed by atoms with Gasteiger partial charge in [0.15, 0.2) is 9.84 Å². The number of anilines is 1. The van der Waals surface area contributed by atoms with Crippen LogP contribution in [-0.4, -0.2) is 28.1 Å². The third kappa shape index (κ3) is 4.02. The first-order valence-corrected chi connectivity index (χ1v) is 9.80. The lowest BCUT2D eigenvalue weighted by Gasteiger charge is -2.08. The lowest BCUT2D eigenvalue weighted by atomic mass is 10.4. The molecular formula is C12H11BrN2O4S2. The molecule has 6 nitrogen and oxygen atoms in total. The molecule has 2 aromatic rings. The summed E-state index contributed by atoms with van der Waals surface area (Å²) in [4.78, 5) is 3.90. The summed E-state index contributed by atoms with van der Waals surface area (Å²) in [6.07, 6.45) is 2.51. The molecule has 21 heavy (non-hydrogen) atoms. The summed E-state index contributed by atoms with van der Waals surface area (Å²) < 4.78 is 50.0. The van der Waals surface area contributed by atoms with Crippen molar-refractivity contribution in [2.45, 2.75) is 9.79 Å². The van der Waals surface area contributed by atoms with Crippen molar-refractivity contribution in [2.24, 2.45) is 0 Å². The van der Waals surface area contributed by atoms with Gasteiger partial charge >= 0.3 is 0 Å². The lowest BCUT2D eigenvalue weighted by molar-refractivity contribution is 0.597. The van der Waals surface area contributed by atoms with Gasteiger partial charge in [-0.1, -0.05) is 15.9 Å². The van der Waals surface area contributed by atoms with Crippen molar-refractivity contribution in [1.29, 1.82) is 0 Å². The van der Waals surface area contributed by atoms with Gasteiger partial charge in [0.1, 0.15) is 5.82 Å². The Hall–Kier alpha value is -1.45. The SMILES string of the molecule is CS(=O)(=O)c1ccc(S(=O)(=O)Nc2cc(Br)ccn2)cc1. The van der Waals surface area contributed by atoms with Crippen molar-refractivity contribution < 1.29 is 16.8 Å². The highest BCUT2D eigenvalue weighted by Gasteiger charge is 2.16. The summed E-state index contributed by atoms with van der Waals surface area (Å²) in [5, 5.41) is 0. The minimum absolute atomic E-state index is 0.0447. The van der Waals surface area contributed by atoms with E-state index in [1.54, 1.807) is 6.07 Å². The standard InChI is InChI=1S/C12H11BrN2O4S2/c1-20(16,17)10-2-4-11(5-3-10)21(18,19)15-12-8-9(13)6-7-14-12/h2-8H,1H3,(H,14,15). The third-order valence-corrected chi connectivity index (χ3v) is 5.52. The van der Waals surface area contributed by atoms with Gasteiger partial charge in [-0.25, -0.2) is 21.8 Å². The monoisotopic (exact) mass is 390 g/mol. The number of sulfone groups is 1. The molecule has 0 amide bonds. The zero-order valence-corrected chi connectivity index (χ0v) is 14.0. The largest absolute Gasteiger partial charge is 0.263 e. The molecule has 1 aromatic carbocycles. The van der Waals surface area contributed by atoms with Crippen LogP contribution in [0.4, 0.5) is 5.82 Å². The molecular weight excluding hydrogens is 380 g/mol. The highest BCUT2D eigenvalue weighted by molar-refractivity contribution is 9.10. The van der Waals surface area contributed by atoms with E-state index in [1.807, 2.05) is 0 Å². The average molecular weight is 391 g/mol. The quantitative estimate of drug-likeness (QED) is 0.861. The predicted molar refractivity (Wildman–Crippen MR) is 82.3 cm³/mol. The normalized spacial score (nSPS) is 12.1. The summed E-state index contributed by atoms with van der Waals surface area (Å²) in [5.41, 5.74) is 0. The Kier molecular flexibility index (Phi) is 4.35. The number of pyridine rings is 1. The van der Waals surface area contributed by atoms with Crippen molar-refractivity contribution in [1.82, 2.24) is 4.98 Å². The maximum absolute atomic E-state index is 12.2. The average Bonchev–Trinajstić information content (AvgIpc) is 2.37. The van der Waals surface area contributed by atoms with E-state index >= 15 is 0 Å². The predicted octanol–water partition coefficient (Wildman–Crippen LogP) is 2.05. The topological polar surface area (TPSA) is 93.2 Å². The van der Waals surface area contributed by atoms with Crippen LogP contribution in [0.2, 0.25) is 0 Å². The van der Waals surface area contributed by atoms with Gasteiger partial charge in [-0.2, -0.15) is 0 Å². The number of nitrogens with zero attached hydrogens (tertiary/aromatic N) is 1. The molecule has 0 aliphatic heterocycles. The molecule has 0 unspecified atom stereocenters. The highest BCUT2D eigenvalue weighted by atomic mass is 79.9. The minimum atomic E-state index is -3.82. The third-order valence-electron chi connectivity index (χ3n) is 2.52. The zero-order valence-electron chi connectivity index (χ0n) is 10.8. The van der Waals surface area contributed by atoms with E-state index in [9.17, 15) is 16.8 Å². The summed E-state index contributed by atoms with van der Waals surface area (Å²) >= 11 is 3.22. The van der Waals surface area contributed by atoms with E-state index in [-0.39, 0.29) is 15.6 Å². The maximum atomic E-state index is 12.2. The first-order valence-electron chi connectivity index (χ1n) is 5.63. The van der Waals surface area contributed by atoms with Crippen LogP contribution in [0.1, 0.15) is 0 Å². The van der Waals surface area contributed by atoms with Crippen LogP contribution in [0.25, 0.3) is 0 Å². The number of hydrogen-bond acceptors (Lipinski definition) is 5. The first kappa shape index (κ1) is 15.9. The van der Waals surface area contributed by atoms with Gasteiger partial charge in [0.2, 0.25) is 0 Å². The van der Waals surface area contributed by atoms with Gasteiger partial charge in [0.05, 0.1) is 9.79 Å². The number of rotatable bonds is 4. The van der Waals surface area contributed by atoms with E-state index in [0.29, 0.717) is 4.47 Å². The Bertz CT molecular complexity index is 862. The summed E-state index contributed by atoms with van der Waals surface area (Å²) in [7, 11) is -7.18. The molecule has 0 aliphatic rings. The van der Waals surface area contributed by atoms with Crippen molar-refractivity contribution in [2.75, 3.05) is 11.0 Å². The van der Waals surface area contributed by atoms with E-state index in [0.717, 1.165) is 6.26 Å². The lowest BCUT2D eigenvalue weighted by Crippen LogP contribution is -2.14. The molecule has 0 spiro atoms. The maximum Gasteiger partial charge on any atom is 0.263 e. The molecule has 0 aliphatic carbocycles. The fourth-order valence-electron chi connectivity index (χ4n) is 1.52. The molecule has 0 fully saturated rings. The fraction of sp³-hybridized carbons (Fsp3) is 0.0833. The minimum Gasteiger partial charge on any atom is -0.263 e. The van der Waals surface area contributed by atoms with Crippen LogP contribution in [0.3, 0.4) is 0 Å². The first-order chi connectivity index (χ1) is 9.68. The summed E-state index contributed by atoms with van der Waals surface area (Å²) in [6, 6.07) is 8.14. The second kappa shape index (κ2) is 5.74. The summed E-state index contributed by atoms with van der Waals surface area (Å²) in [6.45, 7) is 0. The molecule has 1 heterocycles. The van der Waals surface area contributed by atoms with Gasteiger partial charge in [-0.15, -0.1) is 0 Å². The van der Waals surface area contributed by atoms with Crippen LogP contribution in [0, 0.1) is 0 Å². The van der Waals surface area contributed by atoms with E-state index in [1.165, 1.54) is 36.5 Å². The van der Waals surface area contributed by atoms with Crippen molar-refractivity contribution in [3.63, 3.8) is 0 Å². The molecule has 1 aromatic heterocycles. The van der Waals surface area contributed by atoms with Crippen molar-refractivity contribution in [3.8, 4) is 0 Å². The number of benzene rings is 1. The van der Waals surface area contributed by atoms with E-state index < -0.39 is 19.9 Å². The van der Waals surface area contributed by atoms with Crippen LogP contribution in [0.5, 0.6) is 0 Å². The number of sulfonamides is 1. The second-order valence-corrected chi connectivity index (χ2v) is 8.82. The summed E-state index contributed by atoms with van der Waals surface area (Å²) in [5.74, 6) is 0.163. The number of aromatic nitrogens is 1. The fourth-order valence-corrected chi connectivity index (χ4v) is 3.49. The Morgan fingerprint density at radius 2 is 1.57 bits per heavy atom. The van der Waals surface area contributed by atoms with Gasteiger partial charge in [-0.3, -0.25) is 4.72 Å². The molecule has 9 heteroatoms. The Morgan fingerprint density at radius 3 is 2.10 bits per heavy atom. The van der Waals surface area contributed by atoms with Crippen molar-refractivity contribution in [3.05, 3.63) is 47.1 Å². The molecule has 1 N–H and O–H groups in total. The molecule has 112 valence electrons. The van der Waals surface area contributed by atoms with Crippen LogP contribution in [0.15, 0.2) is 56.9 Å². The molecule has 0 saturated heterocycles. The van der Waals surface area contributed by atoms with Gasteiger partial charge in [0, 0.05) is 16.9 Å². The molecule has 0 radical (unpaired) electrons. The Labute approximate surface area is 131 Å².